The highest BCUT2D eigenvalue weighted by Crippen LogP contribution is 2.18. The van der Waals surface area contributed by atoms with Crippen molar-refractivity contribution in [2.45, 2.75) is 143 Å². The van der Waals surface area contributed by atoms with Crippen molar-refractivity contribution in [3.8, 4) is 0 Å². The van der Waals surface area contributed by atoms with Crippen molar-refractivity contribution in [1.29, 1.82) is 0 Å². The molecule has 9 N–H and O–H groups in total. The second-order valence-electron chi connectivity index (χ2n) is 20.1. The first-order valence-electron chi connectivity index (χ1n) is 24.2. The fourth-order valence-electron chi connectivity index (χ4n) is 8.23. The number of hydrogen-bond acceptors (Lipinski definition) is 12. The summed E-state index contributed by atoms with van der Waals surface area (Å²) in [7, 11) is 3.98. The molecule has 1 fully saturated rings. The van der Waals surface area contributed by atoms with Gasteiger partial charge in [-0.25, -0.2) is 0 Å². The molecular weight excluding hydrogens is 921 g/mol. The Morgan fingerprint density at radius 2 is 0.986 bits per heavy atom. The minimum Gasteiger partial charge on any atom is -0.394 e. The van der Waals surface area contributed by atoms with Gasteiger partial charge in [0.2, 0.25) is 59.1 Å². The molecule has 0 aliphatic carbocycles. The Morgan fingerprint density at radius 3 is 1.46 bits per heavy atom. The van der Waals surface area contributed by atoms with Crippen LogP contribution in [0.4, 0.5) is 0 Å². The molecule has 0 spiro atoms. The summed E-state index contributed by atoms with van der Waals surface area (Å²) in [5.41, 5.74) is 0.647. The number of rotatable bonds is 10. The number of nitrogens with zero attached hydrogens (tertiary/aromatic N) is 3. The van der Waals surface area contributed by atoms with Crippen molar-refractivity contribution in [1.82, 2.24) is 51.9 Å². The molecule has 1 aliphatic rings. The van der Waals surface area contributed by atoms with Crippen LogP contribution in [0.3, 0.4) is 0 Å². The van der Waals surface area contributed by atoms with E-state index in [2.05, 4.69) is 37.2 Å². The Labute approximate surface area is 417 Å². The maximum Gasteiger partial charge on any atom is 0.246 e. The number of amides is 10. The van der Waals surface area contributed by atoms with Crippen LogP contribution in [0.15, 0.2) is 30.3 Å². The molecule has 1 unspecified atom stereocenters. The van der Waals surface area contributed by atoms with Crippen molar-refractivity contribution >= 4 is 59.1 Å². The van der Waals surface area contributed by atoms with Gasteiger partial charge in [0.15, 0.2) is 0 Å². The van der Waals surface area contributed by atoms with Gasteiger partial charge in [-0.05, 0) is 48.5 Å². The second kappa shape index (κ2) is 28.0. The maximum atomic E-state index is 14.4. The van der Waals surface area contributed by atoms with Crippen molar-refractivity contribution in [2.75, 3.05) is 40.8 Å². The number of carbonyl (C=O) groups is 10. The second-order valence-corrected chi connectivity index (χ2v) is 20.1. The smallest absolute Gasteiger partial charge is 0.246 e. The summed E-state index contributed by atoms with van der Waals surface area (Å²) in [6, 6.07) is -2.03. The van der Waals surface area contributed by atoms with Crippen molar-refractivity contribution in [3.63, 3.8) is 0 Å². The van der Waals surface area contributed by atoms with Crippen molar-refractivity contribution in [2.24, 2.45) is 29.6 Å². The van der Waals surface area contributed by atoms with Crippen LogP contribution in [0.2, 0.25) is 0 Å². The number of likely N-dealkylation sites (N-methyl/N-ethyl adjacent to an activating group) is 3. The molecule has 0 radical (unpaired) electrons. The van der Waals surface area contributed by atoms with E-state index >= 15 is 0 Å². The van der Waals surface area contributed by atoms with Gasteiger partial charge >= 0.3 is 0 Å². The third-order valence-corrected chi connectivity index (χ3v) is 12.3. The Bertz CT molecular complexity index is 2030. The van der Waals surface area contributed by atoms with Crippen molar-refractivity contribution in [3.05, 3.63) is 35.9 Å². The minimum atomic E-state index is -1.60. The van der Waals surface area contributed by atoms with E-state index in [-0.39, 0.29) is 18.8 Å². The minimum absolute atomic E-state index is 0.0328. The molecule has 22 heteroatoms. The van der Waals surface area contributed by atoms with Gasteiger partial charge in [0.05, 0.1) is 25.8 Å². The lowest BCUT2D eigenvalue weighted by molar-refractivity contribution is -0.148. The van der Waals surface area contributed by atoms with E-state index in [1.165, 1.54) is 28.1 Å². The van der Waals surface area contributed by atoms with Gasteiger partial charge in [-0.15, -0.1) is 0 Å². The van der Waals surface area contributed by atoms with Crippen LogP contribution in [0, 0.1) is 29.6 Å². The number of nitrogens with one attached hydrogen (secondary N) is 7. The van der Waals surface area contributed by atoms with Gasteiger partial charge in [0, 0.05) is 27.6 Å². The summed E-state index contributed by atoms with van der Waals surface area (Å²) in [6.07, 6.45) is -1.45. The highest BCUT2D eigenvalue weighted by molar-refractivity contribution is 5.99. The Kier molecular flexibility index (Phi) is 24.1. The predicted octanol–water partition coefficient (Wildman–Crippen LogP) is -1.58. The Morgan fingerprint density at radius 1 is 0.507 bits per heavy atom. The summed E-state index contributed by atoms with van der Waals surface area (Å²) in [4.78, 5) is 142. The molecule has 71 heavy (non-hydrogen) atoms. The number of aliphatic hydroxyl groups is 2. The molecule has 0 saturated carbocycles. The molecule has 1 saturated heterocycles. The zero-order chi connectivity index (χ0) is 54.2. The van der Waals surface area contributed by atoms with Crippen LogP contribution in [0.25, 0.3) is 0 Å². The normalized spacial score (nSPS) is 26.0. The molecule has 10 amide bonds. The van der Waals surface area contributed by atoms with Gasteiger partial charge < -0.3 is 62.1 Å². The van der Waals surface area contributed by atoms with E-state index in [4.69, 9.17) is 0 Å². The molecule has 1 aliphatic heterocycles. The third-order valence-electron chi connectivity index (χ3n) is 12.3. The first kappa shape index (κ1) is 61.0. The third kappa shape index (κ3) is 17.6. The van der Waals surface area contributed by atoms with Crippen LogP contribution in [-0.2, 0) is 54.4 Å². The van der Waals surface area contributed by atoms with E-state index in [0.717, 1.165) is 14.7 Å². The van der Waals surface area contributed by atoms with E-state index in [0.29, 0.717) is 5.56 Å². The molecule has 1 aromatic carbocycles. The monoisotopic (exact) mass is 1000 g/mol. The fraction of sp³-hybridized carbons (Fsp3) is 0.673. The van der Waals surface area contributed by atoms with E-state index < -0.39 is 157 Å². The van der Waals surface area contributed by atoms with E-state index in [9.17, 15) is 58.2 Å². The van der Waals surface area contributed by atoms with Crippen LogP contribution in [0.5, 0.6) is 0 Å². The first-order chi connectivity index (χ1) is 33.0. The standard InChI is InChI=1S/C49H80N10O12/c1-25(2)20-32-47(69)59(14)41(30(11)61)46(68)56-38(27(5)6)48(70)57(12)34(21-31-18-16-15-17-19-31)43(65)50-23-36(63)54-37(26(3)4)44(66)53-33(24-60)42(64)55-39(28(7)8)49(71)58(13)40(29(9)10)45(67)51-22-35(62)52-32/h15-19,25-30,32-34,37-41,60-61H,20-24H2,1-14H3,(H,50,65)(H,51,67)(H,52,62)(H,53,66)(H,54,63)(H,55,64)(H,56,68)/t30?,32-,33-,34-,37-,38-,39-,40-,41-/m0/s1. The molecule has 1 aromatic rings. The molecule has 1 heterocycles. The fourth-order valence-corrected chi connectivity index (χ4v) is 8.23. The van der Waals surface area contributed by atoms with Crippen LogP contribution >= 0.6 is 0 Å². The largest absolute Gasteiger partial charge is 0.394 e. The average molecular weight is 1000 g/mol. The Balaban J connectivity index is 2.73. The lowest BCUT2D eigenvalue weighted by Crippen LogP contribution is -2.63. The SMILES string of the molecule is CC(C)C[C@@H]1NC(=O)CNC(=O)[C@H](C(C)C)N(C)C(=O)[C@H](C(C)C)NC(=O)[C@H](CO)NC(=O)[C@H](C(C)C)NC(=O)CNC(=O)[C@H](Cc2ccccc2)N(C)C(=O)[C@H](C(C)C)NC(=O)[C@H](C(C)O)N(C)C1=O. The highest BCUT2D eigenvalue weighted by atomic mass is 16.3. The number of carbonyl (C=O) groups excluding carboxylic acids is 10. The molecule has 0 aromatic heterocycles. The summed E-state index contributed by atoms with van der Waals surface area (Å²) < 4.78 is 0. The molecule has 2 rings (SSSR count). The van der Waals surface area contributed by atoms with Crippen LogP contribution < -0.4 is 37.2 Å². The molecule has 9 atom stereocenters. The van der Waals surface area contributed by atoms with Crippen molar-refractivity contribution < 1.29 is 58.2 Å². The van der Waals surface area contributed by atoms with Gasteiger partial charge in [-0.1, -0.05) is 99.6 Å². The number of benzene rings is 1. The summed E-state index contributed by atoms with van der Waals surface area (Å²) in [5.74, 6) is -10.5. The van der Waals surface area contributed by atoms with Gasteiger partial charge in [0.1, 0.15) is 48.3 Å². The lowest BCUT2D eigenvalue weighted by Gasteiger charge is -2.36. The van der Waals surface area contributed by atoms with E-state index in [1.807, 2.05) is 0 Å². The zero-order valence-electron chi connectivity index (χ0n) is 43.8. The van der Waals surface area contributed by atoms with E-state index in [1.54, 1.807) is 99.6 Å². The molecule has 0 bridgehead atoms. The topological polar surface area (TPSA) is 305 Å². The van der Waals surface area contributed by atoms with Gasteiger partial charge in [-0.2, -0.15) is 0 Å². The molecule has 398 valence electrons. The predicted molar refractivity (Wildman–Crippen MR) is 263 cm³/mol. The maximum absolute atomic E-state index is 14.4. The van der Waals surface area contributed by atoms with Gasteiger partial charge in [0.25, 0.3) is 0 Å². The zero-order valence-corrected chi connectivity index (χ0v) is 43.8. The highest BCUT2D eigenvalue weighted by Gasteiger charge is 2.41. The summed E-state index contributed by atoms with van der Waals surface area (Å²) in [5, 5.41) is 39.2. The van der Waals surface area contributed by atoms with Crippen LogP contribution in [-0.4, -0.2) is 179 Å². The Hall–Kier alpha value is -6.16. The quantitative estimate of drug-likeness (QED) is 0.128. The number of aliphatic hydroxyl groups excluding tert-OH is 2. The number of hydrogen-bond donors (Lipinski definition) is 9. The lowest BCUT2D eigenvalue weighted by atomic mass is 9.97. The molecule has 22 nitrogen and oxygen atoms in total. The van der Waals surface area contributed by atoms with Gasteiger partial charge in [-0.3, -0.25) is 47.9 Å². The van der Waals surface area contributed by atoms with Crippen LogP contribution in [0.1, 0.15) is 88.1 Å². The average Bonchev–Trinajstić information content (AvgIpc) is 3.29. The molecular formula is C49H80N10O12. The summed E-state index contributed by atoms with van der Waals surface area (Å²) >= 11 is 0. The first-order valence-corrected chi connectivity index (χ1v) is 24.2. The summed E-state index contributed by atoms with van der Waals surface area (Å²) in [6.45, 7) is 15.8.